The van der Waals surface area contributed by atoms with E-state index in [1.54, 1.807) is 55.5 Å². The Bertz CT molecular complexity index is 1730. The number of carbonyl (C=O) groups excluding carboxylic acids is 2. The smallest absolute Gasteiger partial charge is 0.416 e. The fraction of sp³-hybridized carbons (Fsp3) is 0.281. The molecule has 2 heterocycles. The van der Waals surface area contributed by atoms with E-state index in [-0.39, 0.29) is 43.2 Å². The molecule has 230 valence electrons. The maximum absolute atomic E-state index is 13.6. The van der Waals surface area contributed by atoms with Crippen molar-refractivity contribution >= 4 is 22.8 Å². The van der Waals surface area contributed by atoms with Crippen LogP contribution in [0.3, 0.4) is 0 Å². The van der Waals surface area contributed by atoms with Crippen LogP contribution >= 0.6 is 0 Å². The minimum Gasteiger partial charge on any atom is -0.451 e. The number of carbonyl (C=O) groups is 2. The Morgan fingerprint density at radius 1 is 0.909 bits per heavy atom. The fourth-order valence-corrected chi connectivity index (χ4v) is 5.40. The number of nitrogens with zero attached hydrogens (tertiary/aromatic N) is 1. The van der Waals surface area contributed by atoms with E-state index in [1.807, 2.05) is 0 Å². The van der Waals surface area contributed by atoms with Crippen molar-refractivity contribution in [2.45, 2.75) is 50.6 Å². The van der Waals surface area contributed by atoms with E-state index in [2.05, 4.69) is 5.32 Å². The number of benzene rings is 3. The molecule has 5 rings (SSSR count). The van der Waals surface area contributed by atoms with Gasteiger partial charge in [-0.2, -0.15) is 26.3 Å². The molecule has 0 saturated carbocycles. The van der Waals surface area contributed by atoms with Crippen molar-refractivity contribution in [1.29, 1.82) is 0 Å². The second-order valence-corrected chi connectivity index (χ2v) is 10.8. The lowest BCUT2D eigenvalue weighted by molar-refractivity contribution is -0.143. The quantitative estimate of drug-likeness (QED) is 0.251. The SMILES string of the molecule is Cc1ccc2c(=O)cc(C(=O)N[C@H]3CCN(C(=O)c4cc(C(F)(F)F)cc(C(F)(F)F)c4)[C@H](Cc4ccccc4)C3)oc2c1. The number of hydrogen-bond acceptors (Lipinski definition) is 4. The van der Waals surface area contributed by atoms with E-state index in [1.165, 1.54) is 4.90 Å². The molecule has 2 amide bonds. The predicted octanol–water partition coefficient (Wildman–Crippen LogP) is 6.78. The largest absolute Gasteiger partial charge is 0.451 e. The molecule has 1 fully saturated rings. The minimum absolute atomic E-state index is 0.0214. The average Bonchev–Trinajstić information content (AvgIpc) is 2.96. The third-order valence-electron chi connectivity index (χ3n) is 7.57. The van der Waals surface area contributed by atoms with Crippen molar-refractivity contribution in [3.63, 3.8) is 0 Å². The fourth-order valence-electron chi connectivity index (χ4n) is 5.40. The van der Waals surface area contributed by atoms with Crippen molar-refractivity contribution in [3.05, 3.63) is 117 Å². The number of alkyl halides is 6. The first kappa shape index (κ1) is 30.8. The van der Waals surface area contributed by atoms with Crippen molar-refractivity contribution in [2.24, 2.45) is 0 Å². The average molecular weight is 617 g/mol. The third-order valence-corrected chi connectivity index (χ3v) is 7.57. The Labute approximate surface area is 247 Å². The van der Waals surface area contributed by atoms with E-state index in [4.69, 9.17) is 4.42 Å². The summed E-state index contributed by atoms with van der Waals surface area (Å²) >= 11 is 0. The Balaban J connectivity index is 1.42. The Hall–Kier alpha value is -4.61. The molecule has 12 heteroatoms. The summed E-state index contributed by atoms with van der Waals surface area (Å²) in [5, 5.41) is 3.12. The predicted molar refractivity (Wildman–Crippen MR) is 149 cm³/mol. The summed E-state index contributed by atoms with van der Waals surface area (Å²) in [4.78, 5) is 40.5. The van der Waals surface area contributed by atoms with Crippen LogP contribution in [0.1, 0.15) is 56.0 Å². The van der Waals surface area contributed by atoms with Crippen LogP contribution in [-0.4, -0.2) is 35.3 Å². The molecule has 0 radical (unpaired) electrons. The highest BCUT2D eigenvalue weighted by molar-refractivity contribution is 5.95. The molecule has 1 saturated heterocycles. The van der Waals surface area contributed by atoms with Crippen LogP contribution in [0.2, 0.25) is 0 Å². The molecular weight excluding hydrogens is 590 g/mol. The number of halogens is 6. The highest BCUT2D eigenvalue weighted by Crippen LogP contribution is 2.37. The molecule has 6 nitrogen and oxygen atoms in total. The first-order valence-electron chi connectivity index (χ1n) is 13.7. The molecule has 3 aromatic carbocycles. The van der Waals surface area contributed by atoms with Crippen LogP contribution in [0.25, 0.3) is 11.0 Å². The number of rotatable bonds is 5. The van der Waals surface area contributed by atoms with Gasteiger partial charge in [-0.05, 0) is 67.6 Å². The van der Waals surface area contributed by atoms with Crippen molar-refractivity contribution in [1.82, 2.24) is 10.2 Å². The topological polar surface area (TPSA) is 79.6 Å². The number of aryl methyl sites for hydroxylation is 1. The normalized spacial score (nSPS) is 17.5. The number of amides is 2. The lowest BCUT2D eigenvalue weighted by atomic mass is 9.91. The van der Waals surface area contributed by atoms with Crippen molar-refractivity contribution in [2.75, 3.05) is 6.54 Å². The highest BCUT2D eigenvalue weighted by atomic mass is 19.4. The van der Waals surface area contributed by atoms with Gasteiger partial charge in [-0.3, -0.25) is 14.4 Å². The Kier molecular flexibility index (Phi) is 8.28. The summed E-state index contributed by atoms with van der Waals surface area (Å²) < 4.78 is 86.6. The van der Waals surface area contributed by atoms with Gasteiger partial charge >= 0.3 is 12.4 Å². The molecular formula is C32H26F6N2O4. The van der Waals surface area contributed by atoms with Gasteiger partial charge in [0.2, 0.25) is 0 Å². The van der Waals surface area contributed by atoms with Crippen LogP contribution in [0, 0.1) is 6.92 Å². The highest BCUT2D eigenvalue weighted by Gasteiger charge is 2.39. The van der Waals surface area contributed by atoms with E-state index >= 15 is 0 Å². The summed E-state index contributed by atoms with van der Waals surface area (Å²) in [5.74, 6) is -1.86. The van der Waals surface area contributed by atoms with Gasteiger partial charge in [0.15, 0.2) is 11.2 Å². The number of hydrogen-bond donors (Lipinski definition) is 1. The zero-order chi connectivity index (χ0) is 31.8. The van der Waals surface area contributed by atoms with Gasteiger partial charge in [0.1, 0.15) is 5.58 Å². The van der Waals surface area contributed by atoms with Crippen LogP contribution < -0.4 is 10.7 Å². The van der Waals surface area contributed by atoms with Crippen molar-refractivity contribution in [3.8, 4) is 0 Å². The molecule has 1 aromatic heterocycles. The van der Waals surface area contributed by atoms with E-state index in [0.29, 0.717) is 17.5 Å². The molecule has 0 spiro atoms. The first-order valence-corrected chi connectivity index (χ1v) is 13.7. The molecule has 4 aromatic rings. The zero-order valence-electron chi connectivity index (χ0n) is 23.3. The lowest BCUT2D eigenvalue weighted by Crippen LogP contribution is -2.52. The maximum Gasteiger partial charge on any atom is 0.416 e. The molecule has 2 atom stereocenters. The summed E-state index contributed by atoms with van der Waals surface area (Å²) in [6.07, 6.45) is -9.67. The van der Waals surface area contributed by atoms with Crippen LogP contribution in [-0.2, 0) is 18.8 Å². The first-order chi connectivity index (χ1) is 20.7. The molecule has 0 unspecified atom stereocenters. The lowest BCUT2D eigenvalue weighted by Gasteiger charge is -2.40. The molecule has 1 aliphatic heterocycles. The van der Waals surface area contributed by atoms with E-state index in [0.717, 1.165) is 17.2 Å². The summed E-state index contributed by atoms with van der Waals surface area (Å²) in [6.45, 7) is 1.75. The number of likely N-dealkylation sites (tertiary alicyclic amines) is 1. The van der Waals surface area contributed by atoms with Gasteiger partial charge in [-0.25, -0.2) is 0 Å². The molecule has 1 aliphatic rings. The minimum atomic E-state index is -5.10. The molecule has 0 aliphatic carbocycles. The van der Waals surface area contributed by atoms with Gasteiger partial charge in [0.25, 0.3) is 11.8 Å². The maximum atomic E-state index is 13.6. The number of nitrogens with one attached hydrogen (secondary N) is 1. The van der Waals surface area contributed by atoms with Gasteiger partial charge in [-0.15, -0.1) is 0 Å². The Morgan fingerprint density at radius 3 is 2.20 bits per heavy atom. The summed E-state index contributed by atoms with van der Waals surface area (Å²) in [6, 6.07) is 14.5. The molecule has 44 heavy (non-hydrogen) atoms. The monoisotopic (exact) mass is 616 g/mol. The molecule has 0 bridgehead atoms. The number of fused-ring (bicyclic) bond motifs is 1. The second-order valence-electron chi connectivity index (χ2n) is 10.8. The van der Waals surface area contributed by atoms with Gasteiger partial charge in [0, 0.05) is 30.3 Å². The van der Waals surface area contributed by atoms with E-state index < -0.39 is 58.4 Å². The summed E-state index contributed by atoms with van der Waals surface area (Å²) in [5.41, 5.74) is -2.46. The summed E-state index contributed by atoms with van der Waals surface area (Å²) in [7, 11) is 0. The van der Waals surface area contributed by atoms with Crippen molar-refractivity contribution < 1.29 is 40.3 Å². The van der Waals surface area contributed by atoms with Crippen LogP contribution in [0.15, 0.2) is 82.0 Å². The number of piperidine rings is 1. The zero-order valence-corrected chi connectivity index (χ0v) is 23.3. The second kappa shape index (κ2) is 11.8. The van der Waals surface area contributed by atoms with Crippen LogP contribution in [0.5, 0.6) is 0 Å². The Morgan fingerprint density at radius 2 is 1.57 bits per heavy atom. The third kappa shape index (κ3) is 6.79. The van der Waals surface area contributed by atoms with Gasteiger partial charge < -0.3 is 14.6 Å². The molecule has 1 N–H and O–H groups in total. The standard InChI is InChI=1S/C32H26F6N2O4/c1-18-7-8-25-26(41)17-28(44-27(25)11-18)29(42)39-23-9-10-40(24(16-23)12-19-5-3-2-4-6-19)30(43)20-13-21(31(33,34)35)15-22(14-20)32(36,37)38/h2-8,11,13-15,17,23-24H,9-10,12,16H2,1H3,(H,39,42)/t23-,24+/m0/s1. The van der Waals surface area contributed by atoms with E-state index in [9.17, 15) is 40.7 Å². The van der Waals surface area contributed by atoms with Gasteiger partial charge in [0.05, 0.1) is 16.5 Å². The van der Waals surface area contributed by atoms with Gasteiger partial charge in [-0.1, -0.05) is 36.4 Å². The van der Waals surface area contributed by atoms with Crippen LogP contribution in [0.4, 0.5) is 26.3 Å².